The number of fused-ring (bicyclic) bond motifs is 2. The molecule has 0 aliphatic carbocycles. The van der Waals surface area contributed by atoms with Crippen molar-refractivity contribution in [1.82, 2.24) is 4.90 Å². The summed E-state index contributed by atoms with van der Waals surface area (Å²) in [4.78, 5) is 56.5. The van der Waals surface area contributed by atoms with Gasteiger partial charge in [-0.15, -0.1) is 0 Å². The van der Waals surface area contributed by atoms with E-state index < -0.39 is 36.1 Å². The van der Waals surface area contributed by atoms with Crippen LogP contribution in [0.3, 0.4) is 0 Å². The molecule has 0 aromatic heterocycles. The van der Waals surface area contributed by atoms with Crippen molar-refractivity contribution in [3.8, 4) is 11.5 Å². The molecule has 9 heteroatoms. The fraction of sp³-hybridized carbons (Fsp3) is 0.152. The molecule has 1 N–H and O–H groups in total. The predicted octanol–water partition coefficient (Wildman–Crippen LogP) is 4.66. The Labute approximate surface area is 242 Å². The molecule has 0 fully saturated rings. The van der Waals surface area contributed by atoms with Crippen molar-refractivity contribution in [2.24, 2.45) is 0 Å². The lowest BCUT2D eigenvalue weighted by Gasteiger charge is -2.33. The first-order valence-corrected chi connectivity index (χ1v) is 13.5. The van der Waals surface area contributed by atoms with E-state index in [0.29, 0.717) is 28.4 Å². The van der Waals surface area contributed by atoms with Gasteiger partial charge in [0.15, 0.2) is 11.5 Å². The third kappa shape index (κ3) is 5.08. The zero-order chi connectivity index (χ0) is 29.2. The van der Waals surface area contributed by atoms with Crippen LogP contribution in [0.15, 0.2) is 97.1 Å². The molecule has 1 unspecified atom stereocenters. The van der Waals surface area contributed by atoms with Crippen LogP contribution in [0.4, 0.5) is 11.4 Å². The molecule has 2 aliphatic heterocycles. The number of nitrogens with zero attached hydrogens (tertiary/aromatic N) is 2. The normalized spacial score (nSPS) is 14.0. The van der Waals surface area contributed by atoms with E-state index in [2.05, 4.69) is 5.32 Å². The summed E-state index contributed by atoms with van der Waals surface area (Å²) in [7, 11) is 0. The molecular weight excluding hydrogens is 534 g/mol. The highest BCUT2D eigenvalue weighted by molar-refractivity contribution is 6.52. The second-order valence-corrected chi connectivity index (χ2v) is 10.1. The molecule has 9 nitrogen and oxygen atoms in total. The predicted molar refractivity (Wildman–Crippen MR) is 155 cm³/mol. The number of Topliss-reactive ketones (excluding diaryl/α,β-unsaturated/α-hetero) is 1. The molecule has 42 heavy (non-hydrogen) atoms. The van der Waals surface area contributed by atoms with Gasteiger partial charge in [-0.3, -0.25) is 24.1 Å². The molecule has 0 spiro atoms. The van der Waals surface area contributed by atoms with Crippen molar-refractivity contribution < 1.29 is 28.7 Å². The number of hydrogen-bond acceptors (Lipinski definition) is 6. The third-order valence-electron chi connectivity index (χ3n) is 7.41. The topological polar surface area (TPSA) is 105 Å². The standard InChI is InChI=1S/C33H27N3O6/c1-21-9-5-6-12-23(21)18-36(29(37)19-35-26-14-8-7-13-25(26)31(38)33(35)40)30(22-10-3-2-4-11-22)32(39)34-24-15-16-27-28(17-24)42-20-41-27/h2-17,30H,18-20H2,1H3,(H,34,39). The van der Waals surface area contributed by atoms with Gasteiger partial charge in [0.1, 0.15) is 12.6 Å². The number of ether oxygens (including phenoxy) is 2. The van der Waals surface area contributed by atoms with Crippen LogP contribution in [-0.4, -0.2) is 41.7 Å². The summed E-state index contributed by atoms with van der Waals surface area (Å²) in [5, 5.41) is 2.93. The molecule has 0 saturated heterocycles. The molecule has 2 aliphatic rings. The average molecular weight is 562 g/mol. The number of ketones is 1. The van der Waals surface area contributed by atoms with E-state index in [1.165, 1.54) is 9.80 Å². The monoisotopic (exact) mass is 561 g/mol. The first kappa shape index (κ1) is 26.8. The molecule has 3 amide bonds. The zero-order valence-electron chi connectivity index (χ0n) is 22.8. The van der Waals surface area contributed by atoms with Crippen LogP contribution in [0.25, 0.3) is 0 Å². The summed E-state index contributed by atoms with van der Waals surface area (Å²) in [5.74, 6) is -1.30. The first-order valence-electron chi connectivity index (χ1n) is 13.5. The third-order valence-corrected chi connectivity index (χ3v) is 7.41. The minimum Gasteiger partial charge on any atom is -0.454 e. The highest BCUT2D eigenvalue weighted by Gasteiger charge is 2.39. The summed E-state index contributed by atoms with van der Waals surface area (Å²) in [6.07, 6.45) is 0. The average Bonchev–Trinajstić information content (AvgIpc) is 3.57. The highest BCUT2D eigenvalue weighted by Crippen LogP contribution is 2.35. The van der Waals surface area contributed by atoms with Crippen LogP contribution in [-0.2, 0) is 20.9 Å². The van der Waals surface area contributed by atoms with Crippen molar-refractivity contribution >= 4 is 34.9 Å². The fourth-order valence-electron chi connectivity index (χ4n) is 5.22. The Kier molecular flexibility index (Phi) is 7.14. The molecule has 2 heterocycles. The van der Waals surface area contributed by atoms with Gasteiger partial charge in [-0.25, -0.2) is 0 Å². The maximum absolute atomic E-state index is 14.2. The smallest absolute Gasteiger partial charge is 0.299 e. The van der Waals surface area contributed by atoms with Crippen molar-refractivity contribution in [1.29, 1.82) is 0 Å². The van der Waals surface area contributed by atoms with Gasteiger partial charge in [0, 0.05) is 18.3 Å². The van der Waals surface area contributed by atoms with E-state index in [4.69, 9.17) is 9.47 Å². The number of rotatable bonds is 8. The quantitative estimate of drug-likeness (QED) is 0.314. The Morgan fingerprint density at radius 2 is 1.60 bits per heavy atom. The largest absolute Gasteiger partial charge is 0.454 e. The van der Waals surface area contributed by atoms with E-state index in [-0.39, 0.29) is 18.9 Å². The van der Waals surface area contributed by atoms with Crippen LogP contribution in [0.1, 0.15) is 33.1 Å². The van der Waals surface area contributed by atoms with Gasteiger partial charge in [0.25, 0.3) is 17.6 Å². The maximum atomic E-state index is 14.2. The van der Waals surface area contributed by atoms with Crippen LogP contribution in [0.5, 0.6) is 11.5 Å². The number of anilines is 2. The van der Waals surface area contributed by atoms with Crippen LogP contribution < -0.4 is 19.7 Å². The van der Waals surface area contributed by atoms with Crippen molar-refractivity contribution in [3.05, 3.63) is 119 Å². The summed E-state index contributed by atoms with van der Waals surface area (Å²) in [5.41, 5.74) is 3.46. The van der Waals surface area contributed by atoms with Crippen LogP contribution in [0, 0.1) is 6.92 Å². The molecule has 1 atom stereocenters. The van der Waals surface area contributed by atoms with Gasteiger partial charge in [0.05, 0.1) is 11.3 Å². The molecule has 210 valence electrons. The summed E-state index contributed by atoms with van der Waals surface area (Å²) < 4.78 is 10.8. The Morgan fingerprint density at radius 1 is 0.881 bits per heavy atom. The minimum absolute atomic E-state index is 0.0945. The Bertz CT molecular complexity index is 1700. The fourth-order valence-corrected chi connectivity index (χ4v) is 5.22. The van der Waals surface area contributed by atoms with Gasteiger partial charge >= 0.3 is 0 Å². The highest BCUT2D eigenvalue weighted by atomic mass is 16.7. The lowest BCUT2D eigenvalue weighted by Crippen LogP contribution is -2.46. The van der Waals surface area contributed by atoms with E-state index >= 15 is 0 Å². The minimum atomic E-state index is -1.06. The number of amides is 3. The molecule has 4 aromatic carbocycles. The van der Waals surface area contributed by atoms with Crippen molar-refractivity contribution in [2.75, 3.05) is 23.6 Å². The van der Waals surface area contributed by atoms with Gasteiger partial charge in [-0.05, 0) is 47.9 Å². The Hall–Kier alpha value is -5.44. The number of para-hydroxylation sites is 1. The maximum Gasteiger partial charge on any atom is 0.299 e. The number of carbonyl (C=O) groups is 4. The van der Waals surface area contributed by atoms with Crippen LogP contribution in [0.2, 0.25) is 0 Å². The number of hydrogen-bond donors (Lipinski definition) is 1. The Morgan fingerprint density at radius 3 is 2.40 bits per heavy atom. The number of nitrogens with one attached hydrogen (secondary N) is 1. The van der Waals surface area contributed by atoms with Crippen molar-refractivity contribution in [3.63, 3.8) is 0 Å². The second kappa shape index (κ2) is 11.2. The second-order valence-electron chi connectivity index (χ2n) is 10.1. The molecule has 0 radical (unpaired) electrons. The van der Waals surface area contributed by atoms with Gasteiger partial charge in [-0.2, -0.15) is 0 Å². The summed E-state index contributed by atoms with van der Waals surface area (Å²) in [6, 6.07) is 27.2. The summed E-state index contributed by atoms with van der Waals surface area (Å²) >= 11 is 0. The van der Waals surface area contributed by atoms with E-state index in [1.54, 1.807) is 66.7 Å². The first-order chi connectivity index (χ1) is 20.4. The molecule has 6 rings (SSSR count). The molecule has 0 saturated carbocycles. The number of benzene rings is 4. The lowest BCUT2D eigenvalue weighted by atomic mass is 10.0. The van der Waals surface area contributed by atoms with Crippen molar-refractivity contribution in [2.45, 2.75) is 19.5 Å². The van der Waals surface area contributed by atoms with Crippen LogP contribution >= 0.6 is 0 Å². The summed E-state index contributed by atoms with van der Waals surface area (Å²) in [6.45, 7) is 1.71. The van der Waals surface area contributed by atoms with E-state index in [1.807, 2.05) is 37.3 Å². The Balaban J connectivity index is 1.38. The molecular formula is C33H27N3O6. The number of carbonyl (C=O) groups excluding carboxylic acids is 4. The molecule has 0 bridgehead atoms. The SMILES string of the molecule is Cc1ccccc1CN(C(=O)CN1C(=O)C(=O)c2ccccc21)C(C(=O)Nc1ccc2c(c1)OCO2)c1ccccc1. The van der Waals surface area contributed by atoms with E-state index in [9.17, 15) is 19.2 Å². The zero-order valence-corrected chi connectivity index (χ0v) is 22.8. The molecule has 4 aromatic rings. The van der Waals surface area contributed by atoms with Gasteiger partial charge in [-0.1, -0.05) is 66.7 Å². The number of aryl methyl sites for hydroxylation is 1. The van der Waals surface area contributed by atoms with E-state index in [0.717, 1.165) is 11.1 Å². The van der Waals surface area contributed by atoms with Gasteiger partial charge in [0.2, 0.25) is 12.7 Å². The van der Waals surface area contributed by atoms with Gasteiger partial charge < -0.3 is 19.7 Å². The lowest BCUT2D eigenvalue weighted by molar-refractivity contribution is -0.139.